The second kappa shape index (κ2) is 7.40. The number of thioether (sulfide) groups is 1. The molecule has 3 rings (SSSR count). The fourth-order valence-electron chi connectivity index (χ4n) is 2.64. The normalized spacial score (nSPS) is 13.4. The number of para-hydroxylation sites is 2. The van der Waals surface area contributed by atoms with Crippen LogP contribution in [0.1, 0.15) is 17.2 Å². The van der Waals surface area contributed by atoms with E-state index in [-0.39, 0.29) is 0 Å². The van der Waals surface area contributed by atoms with E-state index in [2.05, 4.69) is 9.97 Å². The van der Waals surface area contributed by atoms with Gasteiger partial charge in [0.15, 0.2) is 5.16 Å². The molecule has 7 heteroatoms. The van der Waals surface area contributed by atoms with Gasteiger partial charge in [-0.3, -0.25) is 9.59 Å². The highest BCUT2D eigenvalue weighted by Crippen LogP contribution is 2.41. The molecular formula is C18H16N2O4S. The highest BCUT2D eigenvalue weighted by atomic mass is 32.2. The van der Waals surface area contributed by atoms with Gasteiger partial charge in [-0.15, -0.1) is 0 Å². The van der Waals surface area contributed by atoms with E-state index in [1.54, 1.807) is 24.3 Å². The Hall–Kier alpha value is -2.80. The number of rotatable bonds is 7. The molecule has 0 amide bonds. The summed E-state index contributed by atoms with van der Waals surface area (Å²) in [6, 6.07) is 16.6. The molecule has 2 aromatic carbocycles. The molecule has 0 saturated heterocycles. The predicted octanol–water partition coefficient (Wildman–Crippen LogP) is 3.57. The van der Waals surface area contributed by atoms with Crippen LogP contribution in [0.5, 0.6) is 0 Å². The van der Waals surface area contributed by atoms with Gasteiger partial charge < -0.3 is 15.2 Å². The number of hydrogen-bond acceptors (Lipinski definition) is 4. The van der Waals surface area contributed by atoms with E-state index >= 15 is 0 Å². The summed E-state index contributed by atoms with van der Waals surface area (Å²) in [5.74, 6) is -3.35. The lowest BCUT2D eigenvalue weighted by molar-refractivity contribution is -0.148. The number of nitrogens with zero attached hydrogens (tertiary/aromatic N) is 1. The van der Waals surface area contributed by atoms with Crippen LogP contribution in [-0.4, -0.2) is 32.1 Å². The molecule has 0 aliphatic carbocycles. The summed E-state index contributed by atoms with van der Waals surface area (Å²) >= 11 is 1.24. The van der Waals surface area contributed by atoms with Crippen LogP contribution in [-0.2, 0) is 9.59 Å². The van der Waals surface area contributed by atoms with Crippen LogP contribution in [0, 0.1) is 5.92 Å². The van der Waals surface area contributed by atoms with E-state index in [4.69, 9.17) is 5.11 Å². The molecule has 1 heterocycles. The number of aromatic nitrogens is 2. The van der Waals surface area contributed by atoms with E-state index in [0.29, 0.717) is 5.16 Å². The van der Waals surface area contributed by atoms with Crippen molar-refractivity contribution in [3.05, 3.63) is 60.2 Å². The maximum Gasteiger partial charge on any atom is 0.308 e. The summed E-state index contributed by atoms with van der Waals surface area (Å²) in [6.45, 7) is 0. The molecule has 25 heavy (non-hydrogen) atoms. The van der Waals surface area contributed by atoms with Crippen LogP contribution in [0.2, 0.25) is 0 Å². The second-order valence-corrected chi connectivity index (χ2v) is 6.68. The Morgan fingerprint density at radius 3 is 2.36 bits per heavy atom. The molecule has 3 aromatic rings. The summed E-state index contributed by atoms with van der Waals surface area (Å²) < 4.78 is 0. The number of carboxylic acid groups (broad SMARTS) is 2. The van der Waals surface area contributed by atoms with E-state index < -0.39 is 29.5 Å². The van der Waals surface area contributed by atoms with E-state index in [1.807, 2.05) is 30.3 Å². The maximum absolute atomic E-state index is 11.7. The minimum Gasteiger partial charge on any atom is -0.481 e. The van der Waals surface area contributed by atoms with Crippen molar-refractivity contribution in [2.75, 3.05) is 0 Å². The number of carboxylic acids is 2. The largest absolute Gasteiger partial charge is 0.481 e. The third-order valence-corrected chi connectivity index (χ3v) is 5.08. The Labute approximate surface area is 147 Å². The fraction of sp³-hybridized carbons (Fsp3) is 0.167. The number of imidazole rings is 1. The number of aliphatic carboxylic acids is 2. The Morgan fingerprint density at radius 1 is 1.04 bits per heavy atom. The first-order chi connectivity index (χ1) is 12.0. The number of benzene rings is 2. The summed E-state index contributed by atoms with van der Waals surface area (Å²) in [4.78, 5) is 30.5. The molecule has 6 nitrogen and oxygen atoms in total. The van der Waals surface area contributed by atoms with E-state index in [0.717, 1.165) is 16.6 Å². The van der Waals surface area contributed by atoms with Crippen LogP contribution in [0.4, 0.5) is 0 Å². The lowest BCUT2D eigenvalue weighted by Crippen LogP contribution is -2.23. The van der Waals surface area contributed by atoms with Crippen LogP contribution in [0.3, 0.4) is 0 Å². The average molecular weight is 356 g/mol. The molecule has 0 aliphatic rings. The molecule has 0 fully saturated rings. The third kappa shape index (κ3) is 4.00. The first-order valence-electron chi connectivity index (χ1n) is 7.65. The van der Waals surface area contributed by atoms with Gasteiger partial charge in [0.2, 0.25) is 0 Å². The molecule has 2 unspecified atom stereocenters. The van der Waals surface area contributed by atoms with Crippen molar-refractivity contribution >= 4 is 34.7 Å². The van der Waals surface area contributed by atoms with Gasteiger partial charge in [-0.2, -0.15) is 0 Å². The minimum atomic E-state index is -1.14. The Bertz CT molecular complexity index is 861. The van der Waals surface area contributed by atoms with Gasteiger partial charge in [-0.1, -0.05) is 54.2 Å². The number of fused-ring (bicyclic) bond motifs is 1. The van der Waals surface area contributed by atoms with Gasteiger partial charge in [0, 0.05) is 0 Å². The first kappa shape index (κ1) is 17.0. The van der Waals surface area contributed by atoms with Gasteiger partial charge in [0.25, 0.3) is 0 Å². The van der Waals surface area contributed by atoms with Crippen molar-refractivity contribution in [3.8, 4) is 0 Å². The van der Waals surface area contributed by atoms with Crippen LogP contribution >= 0.6 is 11.8 Å². The fourth-order valence-corrected chi connectivity index (χ4v) is 3.87. The van der Waals surface area contributed by atoms with Crippen molar-refractivity contribution in [1.29, 1.82) is 0 Å². The van der Waals surface area contributed by atoms with Crippen LogP contribution < -0.4 is 0 Å². The molecule has 1 aromatic heterocycles. The number of hydrogen-bond donors (Lipinski definition) is 3. The van der Waals surface area contributed by atoms with Crippen LogP contribution in [0.25, 0.3) is 11.0 Å². The van der Waals surface area contributed by atoms with E-state index in [9.17, 15) is 14.7 Å². The molecule has 0 aliphatic heterocycles. The molecule has 3 N–H and O–H groups in total. The average Bonchev–Trinajstić information content (AvgIpc) is 3.01. The number of H-pyrrole nitrogens is 1. The molecule has 0 bridgehead atoms. The van der Waals surface area contributed by atoms with Gasteiger partial charge in [0.1, 0.15) is 0 Å². The van der Waals surface area contributed by atoms with Crippen molar-refractivity contribution < 1.29 is 19.8 Å². The monoisotopic (exact) mass is 356 g/mol. The topological polar surface area (TPSA) is 103 Å². The molecule has 0 spiro atoms. The zero-order valence-corrected chi connectivity index (χ0v) is 13.9. The highest BCUT2D eigenvalue weighted by Gasteiger charge is 2.33. The van der Waals surface area contributed by atoms with Crippen LogP contribution in [0.15, 0.2) is 59.8 Å². The minimum absolute atomic E-state index is 0.456. The predicted molar refractivity (Wildman–Crippen MR) is 94.5 cm³/mol. The SMILES string of the molecule is O=C(O)CC(C(=O)O)C(Sc1nc2ccccc2[nH]1)c1ccccc1. The Morgan fingerprint density at radius 2 is 1.72 bits per heavy atom. The summed E-state index contributed by atoms with van der Waals surface area (Å²) in [6.07, 6.45) is -0.456. The van der Waals surface area contributed by atoms with Gasteiger partial charge in [0.05, 0.1) is 28.6 Å². The molecule has 2 atom stereocenters. The van der Waals surface area contributed by atoms with Crippen molar-refractivity contribution in [2.45, 2.75) is 16.8 Å². The van der Waals surface area contributed by atoms with Crippen molar-refractivity contribution in [3.63, 3.8) is 0 Å². The van der Waals surface area contributed by atoms with Gasteiger partial charge >= 0.3 is 11.9 Å². The standard InChI is InChI=1S/C18H16N2O4S/c21-15(22)10-12(17(23)24)16(11-6-2-1-3-7-11)25-18-19-13-8-4-5-9-14(13)20-18/h1-9,12,16H,10H2,(H,19,20)(H,21,22)(H,23,24). The molecular weight excluding hydrogens is 340 g/mol. The molecule has 128 valence electrons. The summed E-state index contributed by atoms with van der Waals surface area (Å²) in [5.41, 5.74) is 2.38. The zero-order chi connectivity index (χ0) is 17.8. The zero-order valence-electron chi connectivity index (χ0n) is 13.1. The smallest absolute Gasteiger partial charge is 0.308 e. The van der Waals surface area contributed by atoms with Gasteiger partial charge in [-0.25, -0.2) is 4.98 Å². The lowest BCUT2D eigenvalue weighted by atomic mass is 9.95. The number of nitrogens with one attached hydrogen (secondary N) is 1. The van der Waals surface area contributed by atoms with Crippen molar-refractivity contribution in [1.82, 2.24) is 9.97 Å². The quantitative estimate of drug-likeness (QED) is 0.559. The van der Waals surface area contributed by atoms with E-state index in [1.165, 1.54) is 11.8 Å². The summed E-state index contributed by atoms with van der Waals surface area (Å²) in [5, 5.41) is 18.7. The van der Waals surface area contributed by atoms with Crippen molar-refractivity contribution in [2.24, 2.45) is 5.92 Å². The molecule has 0 radical (unpaired) electrons. The maximum atomic E-state index is 11.7. The Kier molecular flexibility index (Phi) is 5.04. The Balaban J connectivity index is 1.98. The summed E-state index contributed by atoms with van der Waals surface area (Å²) in [7, 11) is 0. The number of aromatic amines is 1. The highest BCUT2D eigenvalue weighted by molar-refractivity contribution is 7.99. The second-order valence-electron chi connectivity index (χ2n) is 5.55. The first-order valence-corrected chi connectivity index (χ1v) is 8.53. The number of carbonyl (C=O) groups is 2. The molecule has 0 saturated carbocycles. The van der Waals surface area contributed by atoms with Gasteiger partial charge in [-0.05, 0) is 17.7 Å². The lowest BCUT2D eigenvalue weighted by Gasteiger charge is -2.22. The third-order valence-electron chi connectivity index (χ3n) is 3.81.